The molecule has 1 heterocycles. The summed E-state index contributed by atoms with van der Waals surface area (Å²) in [5.74, 6) is -8.39. The Balaban J connectivity index is 1.93. The lowest BCUT2D eigenvalue weighted by molar-refractivity contribution is 0.102. The van der Waals surface area contributed by atoms with E-state index in [1.54, 1.807) is 0 Å². The molecule has 0 saturated carbocycles. The van der Waals surface area contributed by atoms with Gasteiger partial charge in [0.1, 0.15) is 5.82 Å². The molecule has 1 saturated heterocycles. The van der Waals surface area contributed by atoms with Crippen molar-refractivity contribution in [2.75, 3.05) is 16.8 Å². The second-order valence-corrected chi connectivity index (χ2v) is 10.8. The molecular weight excluding hydrogens is 438 g/mol. The van der Waals surface area contributed by atoms with Crippen molar-refractivity contribution in [3.8, 4) is 0 Å². The number of hydrogen-bond acceptors (Lipinski definition) is 5. The van der Waals surface area contributed by atoms with Crippen LogP contribution in [0.2, 0.25) is 0 Å². The number of carbonyl (C=O) groups is 1. The van der Waals surface area contributed by atoms with Gasteiger partial charge >= 0.3 is 0 Å². The number of benzene rings is 2. The second kappa shape index (κ2) is 7.41. The third kappa shape index (κ3) is 4.13. The monoisotopic (exact) mass is 451 g/mol. The van der Waals surface area contributed by atoms with Crippen LogP contribution >= 0.6 is 0 Å². The van der Waals surface area contributed by atoms with Crippen LogP contribution < -0.4 is 5.32 Å². The average molecular weight is 451 g/mol. The number of nitrogens with one attached hydrogen (secondary N) is 1. The van der Waals surface area contributed by atoms with Crippen LogP contribution in [0.25, 0.3) is 0 Å². The number of hydrogen-bond donors (Lipinski definition) is 1. The van der Waals surface area contributed by atoms with Crippen molar-refractivity contribution >= 4 is 31.3 Å². The molecule has 1 fully saturated rings. The molecule has 1 aliphatic heterocycles. The zero-order valence-electron chi connectivity index (χ0n) is 14.5. The van der Waals surface area contributed by atoms with E-state index in [4.69, 9.17) is 0 Å². The molecule has 0 aliphatic carbocycles. The molecule has 3 rings (SSSR count). The van der Waals surface area contributed by atoms with Crippen molar-refractivity contribution in [3.05, 3.63) is 59.2 Å². The highest BCUT2D eigenvalue weighted by Crippen LogP contribution is 2.27. The third-order valence-electron chi connectivity index (χ3n) is 4.42. The lowest BCUT2D eigenvalue weighted by atomic mass is 10.2. The Labute approximate surface area is 163 Å². The van der Waals surface area contributed by atoms with E-state index in [9.17, 15) is 39.2 Å². The fourth-order valence-electron chi connectivity index (χ4n) is 2.87. The van der Waals surface area contributed by atoms with E-state index < -0.39 is 76.0 Å². The number of amides is 1. The Morgan fingerprint density at radius 2 is 1.66 bits per heavy atom. The van der Waals surface area contributed by atoms with Crippen LogP contribution in [0.5, 0.6) is 0 Å². The summed E-state index contributed by atoms with van der Waals surface area (Å²) in [7, 11) is -7.70. The summed E-state index contributed by atoms with van der Waals surface area (Å²) in [6.07, 6.45) is -0.135. The summed E-state index contributed by atoms with van der Waals surface area (Å²) < 4.78 is 102. The van der Waals surface area contributed by atoms with Gasteiger partial charge in [-0.2, -0.15) is 0 Å². The molecule has 2 aromatic rings. The smallest absolute Gasteiger partial charge is 0.258 e. The maximum absolute atomic E-state index is 14.1. The Kier molecular flexibility index (Phi) is 5.43. The first-order valence-corrected chi connectivity index (χ1v) is 11.5. The number of halogens is 4. The van der Waals surface area contributed by atoms with Gasteiger partial charge in [-0.3, -0.25) is 4.79 Å². The molecular formula is C17H13F4NO5S2. The standard InChI is InChI=1S/C17H13F4NO5S2/c18-12-2-1-9(29(26,27)10-5-6-28(24,25)8-10)7-11(12)17(23)22-14-4-3-13(19)15(20)16(14)21/h1-4,7,10H,5-6,8H2,(H,22,23)/t10-/m1/s1. The van der Waals surface area contributed by atoms with Gasteiger partial charge in [0.05, 0.1) is 32.9 Å². The molecule has 1 amide bonds. The zero-order valence-corrected chi connectivity index (χ0v) is 16.1. The molecule has 6 nitrogen and oxygen atoms in total. The fraction of sp³-hybridized carbons (Fsp3) is 0.235. The SMILES string of the molecule is O=C(Nc1ccc(F)c(F)c1F)c1cc(S(=O)(=O)[C@@H]2CCS(=O)(=O)C2)ccc1F. The normalized spacial score (nSPS) is 18.6. The van der Waals surface area contributed by atoms with Gasteiger partial charge in [0.2, 0.25) is 0 Å². The summed E-state index contributed by atoms with van der Waals surface area (Å²) in [6, 6.07) is 3.51. The predicted octanol–water partition coefficient (Wildman–Crippen LogP) is 2.46. The fourth-order valence-corrected chi connectivity index (χ4v) is 7.25. The zero-order chi connectivity index (χ0) is 21.6. The summed E-state index contributed by atoms with van der Waals surface area (Å²) >= 11 is 0. The van der Waals surface area contributed by atoms with Crippen LogP contribution in [-0.4, -0.2) is 39.5 Å². The Morgan fingerprint density at radius 1 is 1.00 bits per heavy atom. The topological polar surface area (TPSA) is 97.4 Å². The van der Waals surface area contributed by atoms with Crippen LogP contribution in [0.1, 0.15) is 16.8 Å². The van der Waals surface area contributed by atoms with Gasteiger partial charge in [0.25, 0.3) is 5.91 Å². The van der Waals surface area contributed by atoms with Gasteiger partial charge in [0.15, 0.2) is 37.1 Å². The molecule has 1 N–H and O–H groups in total. The minimum Gasteiger partial charge on any atom is -0.319 e. The average Bonchev–Trinajstić information content (AvgIpc) is 3.03. The maximum Gasteiger partial charge on any atom is 0.258 e. The first-order valence-electron chi connectivity index (χ1n) is 8.11. The number of sulfone groups is 2. The van der Waals surface area contributed by atoms with E-state index in [0.717, 1.165) is 6.07 Å². The maximum atomic E-state index is 14.1. The van der Waals surface area contributed by atoms with Gasteiger partial charge in [-0.25, -0.2) is 34.4 Å². The van der Waals surface area contributed by atoms with Crippen LogP contribution in [0.4, 0.5) is 23.2 Å². The summed E-state index contributed by atoms with van der Waals surface area (Å²) in [5.41, 5.74) is -1.57. The Morgan fingerprint density at radius 3 is 2.28 bits per heavy atom. The third-order valence-corrected chi connectivity index (χ3v) is 8.59. The molecule has 1 aliphatic rings. The van der Waals surface area contributed by atoms with Crippen molar-refractivity contribution in [3.63, 3.8) is 0 Å². The van der Waals surface area contributed by atoms with Crippen molar-refractivity contribution in [2.24, 2.45) is 0 Å². The highest BCUT2D eigenvalue weighted by atomic mass is 32.2. The number of anilines is 1. The van der Waals surface area contributed by atoms with Crippen LogP contribution in [0.15, 0.2) is 35.2 Å². The van der Waals surface area contributed by atoms with Crippen molar-refractivity contribution in [2.45, 2.75) is 16.6 Å². The predicted molar refractivity (Wildman–Crippen MR) is 94.9 cm³/mol. The molecule has 0 aromatic heterocycles. The van der Waals surface area contributed by atoms with Gasteiger partial charge in [-0.15, -0.1) is 0 Å². The first-order chi connectivity index (χ1) is 13.4. The molecule has 29 heavy (non-hydrogen) atoms. The van der Waals surface area contributed by atoms with E-state index in [2.05, 4.69) is 0 Å². The lowest BCUT2D eigenvalue weighted by Gasteiger charge is -2.12. The van der Waals surface area contributed by atoms with Crippen LogP contribution in [0, 0.1) is 23.3 Å². The number of rotatable bonds is 4. The molecule has 156 valence electrons. The van der Waals surface area contributed by atoms with Crippen molar-refractivity contribution in [1.82, 2.24) is 0 Å². The largest absolute Gasteiger partial charge is 0.319 e. The molecule has 0 spiro atoms. The summed E-state index contributed by atoms with van der Waals surface area (Å²) in [4.78, 5) is 11.8. The van der Waals surface area contributed by atoms with E-state index in [1.165, 1.54) is 0 Å². The quantitative estimate of drug-likeness (QED) is 0.438. The van der Waals surface area contributed by atoms with Gasteiger partial charge in [0, 0.05) is 0 Å². The summed E-state index contributed by atoms with van der Waals surface area (Å²) in [6.45, 7) is 0. The van der Waals surface area contributed by atoms with Crippen molar-refractivity contribution < 1.29 is 39.2 Å². The molecule has 0 bridgehead atoms. The van der Waals surface area contributed by atoms with Crippen LogP contribution in [-0.2, 0) is 19.7 Å². The van der Waals surface area contributed by atoms with Gasteiger partial charge < -0.3 is 5.32 Å². The minimum atomic E-state index is -4.19. The molecule has 0 unspecified atom stereocenters. The second-order valence-electron chi connectivity index (χ2n) is 6.39. The van der Waals surface area contributed by atoms with E-state index in [1.807, 2.05) is 5.32 Å². The molecule has 12 heteroatoms. The molecule has 1 atom stereocenters. The highest BCUT2D eigenvalue weighted by Gasteiger charge is 2.38. The Bertz CT molecular complexity index is 1210. The molecule has 0 radical (unpaired) electrons. The van der Waals surface area contributed by atoms with E-state index >= 15 is 0 Å². The van der Waals surface area contributed by atoms with E-state index in [0.29, 0.717) is 24.3 Å². The van der Waals surface area contributed by atoms with Gasteiger partial charge in [-0.05, 0) is 36.8 Å². The number of carbonyl (C=O) groups excluding carboxylic acids is 1. The minimum absolute atomic E-state index is 0.135. The first kappa shape index (κ1) is 21.2. The highest BCUT2D eigenvalue weighted by molar-refractivity contribution is 7.96. The van der Waals surface area contributed by atoms with Gasteiger partial charge in [-0.1, -0.05) is 0 Å². The molecule has 2 aromatic carbocycles. The lowest BCUT2D eigenvalue weighted by Crippen LogP contribution is -2.23. The van der Waals surface area contributed by atoms with Crippen molar-refractivity contribution in [1.29, 1.82) is 0 Å². The summed E-state index contributed by atoms with van der Waals surface area (Å²) in [5, 5.41) is 0.607. The van der Waals surface area contributed by atoms with E-state index in [-0.39, 0.29) is 12.2 Å². The van der Waals surface area contributed by atoms with Crippen LogP contribution in [0.3, 0.4) is 0 Å². The Hall–Kier alpha value is -2.47.